The van der Waals surface area contributed by atoms with E-state index >= 15 is 0 Å². The first-order valence-corrected chi connectivity index (χ1v) is 17.7. The summed E-state index contributed by atoms with van der Waals surface area (Å²) < 4.78 is 72.7. The van der Waals surface area contributed by atoms with Crippen molar-refractivity contribution in [2.45, 2.75) is 44.0 Å². The van der Waals surface area contributed by atoms with Crippen LogP contribution in [0, 0.1) is 0 Å². The fraction of sp³-hybridized carbons (Fsp3) is 0.265. The molecule has 238 valence electrons. The van der Waals surface area contributed by atoms with E-state index in [9.17, 15) is 25.9 Å². The molecule has 46 heavy (non-hydrogen) atoms. The summed E-state index contributed by atoms with van der Waals surface area (Å²) in [5.74, 6) is 0. The van der Waals surface area contributed by atoms with Gasteiger partial charge in [0.1, 0.15) is 23.2 Å². The van der Waals surface area contributed by atoms with Crippen LogP contribution >= 0.6 is 0 Å². The Morgan fingerprint density at radius 3 is 2.02 bits per heavy atom. The molecule has 3 aromatic rings. The molecule has 0 aliphatic heterocycles. The molecular weight excluding hydrogens is 634 g/mol. The van der Waals surface area contributed by atoms with Crippen LogP contribution in [-0.2, 0) is 26.8 Å². The first kappa shape index (κ1) is 37.4. The summed E-state index contributed by atoms with van der Waals surface area (Å²) in [5, 5.41) is 3.19. The maximum atomic E-state index is 12.6. The van der Waals surface area contributed by atoms with Gasteiger partial charge >= 0.3 is 29.6 Å². The molecule has 9 nitrogen and oxygen atoms in total. The average molecular weight is 673 g/mol. The number of nitrogens with zero attached hydrogens (tertiary/aromatic N) is 2. The van der Waals surface area contributed by atoms with E-state index in [0.717, 1.165) is 48.7 Å². The van der Waals surface area contributed by atoms with Gasteiger partial charge in [0.2, 0.25) is 0 Å². The van der Waals surface area contributed by atoms with Gasteiger partial charge in [0, 0.05) is 48.7 Å². The van der Waals surface area contributed by atoms with Crippen LogP contribution in [0.5, 0.6) is 0 Å². The normalized spacial score (nSPS) is 12.9. The van der Waals surface area contributed by atoms with Crippen molar-refractivity contribution >= 4 is 42.9 Å². The summed E-state index contributed by atoms with van der Waals surface area (Å²) in [6.07, 6.45) is 7.84. The van der Waals surface area contributed by atoms with Gasteiger partial charge in [-0.05, 0) is 105 Å². The van der Waals surface area contributed by atoms with Crippen LogP contribution in [0.3, 0.4) is 0 Å². The van der Waals surface area contributed by atoms with Crippen molar-refractivity contribution in [3.05, 3.63) is 113 Å². The minimum atomic E-state index is -4.87. The summed E-state index contributed by atoms with van der Waals surface area (Å²) >= 11 is 0. The molecule has 0 saturated heterocycles. The van der Waals surface area contributed by atoms with E-state index in [2.05, 4.69) is 42.5 Å². The molecule has 1 aliphatic rings. The fourth-order valence-corrected chi connectivity index (χ4v) is 6.62. The van der Waals surface area contributed by atoms with Crippen LogP contribution in [0.4, 0.5) is 11.4 Å². The zero-order chi connectivity index (χ0) is 32.8. The number of rotatable bonds is 12. The number of hydrogen-bond donors (Lipinski definition) is 2. The quantitative estimate of drug-likeness (QED) is 0.171. The Morgan fingerprint density at radius 1 is 0.848 bits per heavy atom. The Kier molecular flexibility index (Phi) is 13.2. The third kappa shape index (κ3) is 9.07. The number of hydrogen-bond acceptors (Lipinski definition) is 7. The van der Waals surface area contributed by atoms with Crippen LogP contribution in [0.15, 0.2) is 106 Å². The smallest absolute Gasteiger partial charge is 0.744 e. The molecule has 2 N–H and O–H groups in total. The van der Waals surface area contributed by atoms with Crippen molar-refractivity contribution in [1.82, 2.24) is 0 Å². The van der Waals surface area contributed by atoms with Gasteiger partial charge in [-0.2, -0.15) is 8.42 Å². The molecule has 0 amide bonds. The fourth-order valence-electron chi connectivity index (χ4n) is 5.41. The largest absolute Gasteiger partial charge is 1.00 e. The molecular formula is C34H39N3NaO6S2+. The molecule has 0 saturated carbocycles. The molecule has 0 aromatic heterocycles. The molecule has 0 fully saturated rings. The van der Waals surface area contributed by atoms with E-state index in [1.807, 2.05) is 48.6 Å². The maximum absolute atomic E-state index is 12.6. The predicted octanol–water partition coefficient (Wildman–Crippen LogP) is 2.72. The van der Waals surface area contributed by atoms with Crippen molar-refractivity contribution in [2.24, 2.45) is 0 Å². The maximum Gasteiger partial charge on any atom is 1.00 e. The minimum absolute atomic E-state index is 0. The number of nitrogens with one attached hydrogen (secondary N) is 1. The summed E-state index contributed by atoms with van der Waals surface area (Å²) in [7, 11) is -9.24. The number of anilines is 2. The van der Waals surface area contributed by atoms with Gasteiger partial charge in [0.25, 0.3) is 10.1 Å². The van der Waals surface area contributed by atoms with Gasteiger partial charge in [-0.15, -0.1) is 0 Å². The zero-order valence-electron chi connectivity index (χ0n) is 26.9. The number of allylic oxidation sites excluding steroid dienone is 5. The summed E-state index contributed by atoms with van der Waals surface area (Å²) in [5.41, 5.74) is 5.46. The molecule has 0 spiro atoms. The molecule has 1 aliphatic carbocycles. The molecule has 0 atom stereocenters. The zero-order valence-corrected chi connectivity index (χ0v) is 30.5. The third-order valence-electron chi connectivity index (χ3n) is 7.78. The Balaban J connectivity index is 0.00000576. The number of benzene rings is 3. The molecule has 3 aromatic carbocycles. The van der Waals surface area contributed by atoms with Crippen molar-refractivity contribution < 1.29 is 60.1 Å². The van der Waals surface area contributed by atoms with E-state index in [0.29, 0.717) is 16.8 Å². The van der Waals surface area contributed by atoms with Crippen molar-refractivity contribution in [1.29, 1.82) is 0 Å². The van der Waals surface area contributed by atoms with Gasteiger partial charge in [-0.25, -0.2) is 13.0 Å². The topological polar surface area (TPSA) is 130 Å². The van der Waals surface area contributed by atoms with Crippen LogP contribution in [0.2, 0.25) is 0 Å². The van der Waals surface area contributed by atoms with Crippen LogP contribution in [0.1, 0.15) is 44.4 Å². The second-order valence-electron chi connectivity index (χ2n) is 10.5. The average Bonchev–Trinajstić information content (AvgIpc) is 3.02. The van der Waals surface area contributed by atoms with E-state index in [1.54, 1.807) is 12.1 Å². The van der Waals surface area contributed by atoms with E-state index in [4.69, 9.17) is 0 Å². The molecule has 0 unspecified atom stereocenters. The monoisotopic (exact) mass is 672 g/mol. The Labute approximate surface area is 294 Å². The third-order valence-corrected chi connectivity index (χ3v) is 9.52. The standard InChI is InChI=1S/C34H39N3O6S2.Na/c1-5-36(6-2)29-17-12-26(13-18-29)34(27-14-19-30(20-15-27)37(7-3)8-4)32-23-28(16-21-33(32)45(41,42)43)35-24-25-10-9-11-31(22-25)44(38,39)40;/h9-23,35H,5-8,24H2,1-4H3,(H-,38,39,40,41,42,43);/q;+1. The molecule has 4 rings (SSSR count). The Bertz CT molecular complexity index is 1870. The summed E-state index contributed by atoms with van der Waals surface area (Å²) in [6, 6.07) is 18.1. The summed E-state index contributed by atoms with van der Waals surface area (Å²) in [6.45, 7) is 11.8. The Hall–Kier alpha value is -3.03. The van der Waals surface area contributed by atoms with E-state index in [1.165, 1.54) is 30.3 Å². The predicted molar refractivity (Wildman–Crippen MR) is 179 cm³/mol. The van der Waals surface area contributed by atoms with Gasteiger partial charge in [-0.3, -0.25) is 4.55 Å². The molecule has 12 heteroatoms. The van der Waals surface area contributed by atoms with Gasteiger partial charge < -0.3 is 14.8 Å². The van der Waals surface area contributed by atoms with Gasteiger partial charge in [-0.1, -0.05) is 24.3 Å². The van der Waals surface area contributed by atoms with Crippen molar-refractivity contribution in [3.63, 3.8) is 0 Å². The Morgan fingerprint density at radius 2 is 1.48 bits per heavy atom. The first-order chi connectivity index (χ1) is 21.4. The first-order valence-electron chi connectivity index (χ1n) is 14.9. The minimum Gasteiger partial charge on any atom is -0.744 e. The van der Waals surface area contributed by atoms with Gasteiger partial charge in [0.05, 0.1) is 9.79 Å². The second-order valence-corrected chi connectivity index (χ2v) is 13.2. The summed E-state index contributed by atoms with van der Waals surface area (Å²) in [4.78, 5) is 1.63. The van der Waals surface area contributed by atoms with Crippen LogP contribution in [0.25, 0.3) is 5.57 Å². The van der Waals surface area contributed by atoms with Gasteiger partial charge in [0.15, 0.2) is 5.71 Å². The molecule has 0 heterocycles. The van der Waals surface area contributed by atoms with Crippen LogP contribution < -0.4 is 39.8 Å². The van der Waals surface area contributed by atoms with Crippen LogP contribution in [-0.4, -0.2) is 62.4 Å². The van der Waals surface area contributed by atoms with E-state index in [-0.39, 0.29) is 51.5 Å². The molecule has 0 bridgehead atoms. The SMILES string of the molecule is CCN(CC)c1ccc(C(=C2C=CC(=[N+](CC)CC)C=C2)c2cc(NCc3cccc(S(=O)(=O)O)c3)ccc2S(=O)(=O)[O-])cc1.[Na+]. The molecule has 0 radical (unpaired) electrons. The second kappa shape index (κ2) is 16.2. The van der Waals surface area contributed by atoms with Crippen molar-refractivity contribution in [3.8, 4) is 0 Å². The van der Waals surface area contributed by atoms with Crippen molar-refractivity contribution in [2.75, 3.05) is 36.4 Å². The van der Waals surface area contributed by atoms with E-state index < -0.39 is 20.2 Å².